The first-order valence-electron chi connectivity index (χ1n) is 19.7. The number of benzene rings is 3. The number of nitrogens with one attached hydrogen (secondary N) is 2. The van der Waals surface area contributed by atoms with E-state index < -0.39 is 6.09 Å². The molecule has 0 saturated heterocycles. The largest absolute Gasteiger partial charge is 0.449 e. The third kappa shape index (κ3) is 11.8. The lowest BCUT2D eigenvalue weighted by atomic mass is 9.73. The number of ether oxygens (including phenoxy) is 5. The summed E-state index contributed by atoms with van der Waals surface area (Å²) in [5, 5.41) is 22.2. The zero-order valence-electron chi connectivity index (χ0n) is 33.5. The highest BCUT2D eigenvalue weighted by molar-refractivity contribution is 6.22. The quantitative estimate of drug-likeness (QED) is 0.0613. The van der Waals surface area contributed by atoms with Gasteiger partial charge in [-0.05, 0) is 40.2 Å². The van der Waals surface area contributed by atoms with Gasteiger partial charge in [-0.3, -0.25) is 9.59 Å². The Bertz CT molecular complexity index is 1970. The molecule has 1 aromatic heterocycles. The number of carbonyl (C=O) groups excluding carboxylic acids is 3. The minimum Gasteiger partial charge on any atom is -0.449 e. The lowest BCUT2D eigenvalue weighted by Crippen LogP contribution is -2.34. The number of ketones is 2. The lowest BCUT2D eigenvalue weighted by Gasteiger charge is -2.30. The van der Waals surface area contributed by atoms with Crippen LogP contribution in [0, 0.1) is 12.3 Å². The van der Waals surface area contributed by atoms with Crippen LogP contribution >= 0.6 is 0 Å². The monoisotopic (exact) mass is 792 g/mol. The van der Waals surface area contributed by atoms with Crippen LogP contribution in [0.4, 0.5) is 4.79 Å². The van der Waals surface area contributed by atoms with E-state index in [-0.39, 0.29) is 35.1 Å². The van der Waals surface area contributed by atoms with Crippen molar-refractivity contribution in [3.8, 4) is 22.5 Å². The minimum absolute atomic E-state index is 0.0160. The fourth-order valence-corrected chi connectivity index (χ4v) is 7.09. The highest BCUT2D eigenvalue weighted by Gasteiger charge is 2.37. The highest BCUT2D eigenvalue weighted by atomic mass is 16.6. The minimum atomic E-state index is -0.472. The standard InChI is InChI=1S/C44H52N6O8/c1-30-47-49-42(50-48-30)32-14-12-31(13-15-32)28-46-38(41-39(51)26-44(2,3)27-40(41)52)16-18-54-20-22-56-24-25-57-23-21-55-19-17-45-43(53)58-29-37-35-10-6-4-8-33(35)34-9-5-7-11-36(34)37/h4-15,37,46H,16-29H2,1-3H3,(H,45,53). The van der Waals surface area contributed by atoms with Crippen LogP contribution < -0.4 is 10.6 Å². The molecule has 3 aromatic carbocycles. The molecular weight excluding hydrogens is 741 g/mol. The van der Waals surface area contributed by atoms with Crippen molar-refractivity contribution >= 4 is 17.7 Å². The van der Waals surface area contributed by atoms with Crippen molar-refractivity contribution in [2.24, 2.45) is 5.41 Å². The van der Waals surface area contributed by atoms with Gasteiger partial charge in [0.15, 0.2) is 17.4 Å². The molecule has 0 bridgehead atoms. The molecule has 0 radical (unpaired) electrons. The second kappa shape index (κ2) is 20.8. The number of amides is 1. The van der Waals surface area contributed by atoms with Gasteiger partial charge < -0.3 is 34.3 Å². The summed E-state index contributed by atoms with van der Waals surface area (Å²) >= 11 is 0. The molecule has 2 aliphatic rings. The van der Waals surface area contributed by atoms with Crippen molar-refractivity contribution in [1.82, 2.24) is 31.0 Å². The van der Waals surface area contributed by atoms with Crippen LogP contribution in [0.1, 0.15) is 61.5 Å². The zero-order chi connectivity index (χ0) is 40.7. The van der Waals surface area contributed by atoms with E-state index in [1.807, 2.05) is 62.4 Å². The van der Waals surface area contributed by atoms with E-state index >= 15 is 0 Å². The Labute approximate surface area is 339 Å². The van der Waals surface area contributed by atoms with Crippen molar-refractivity contribution in [2.45, 2.75) is 52.5 Å². The van der Waals surface area contributed by atoms with Gasteiger partial charge in [0.2, 0.25) is 5.82 Å². The van der Waals surface area contributed by atoms with E-state index in [1.54, 1.807) is 6.92 Å². The van der Waals surface area contributed by atoms with Crippen LogP contribution in [-0.2, 0) is 39.8 Å². The van der Waals surface area contributed by atoms with E-state index in [4.69, 9.17) is 23.7 Å². The zero-order valence-corrected chi connectivity index (χ0v) is 33.5. The van der Waals surface area contributed by atoms with Crippen LogP contribution in [0.15, 0.2) is 84.1 Å². The molecule has 14 nitrogen and oxygen atoms in total. The first kappa shape index (κ1) is 42.2. The molecule has 0 atom stereocenters. The van der Waals surface area contributed by atoms with Gasteiger partial charge in [0.05, 0.1) is 58.4 Å². The van der Waals surface area contributed by atoms with Crippen LogP contribution in [0.25, 0.3) is 22.5 Å². The van der Waals surface area contributed by atoms with E-state index in [2.05, 4.69) is 55.3 Å². The molecule has 0 spiro atoms. The number of aromatic nitrogens is 4. The van der Waals surface area contributed by atoms with Crippen LogP contribution in [0.2, 0.25) is 0 Å². The first-order valence-corrected chi connectivity index (χ1v) is 19.7. The molecule has 58 heavy (non-hydrogen) atoms. The molecule has 2 N–H and O–H groups in total. The van der Waals surface area contributed by atoms with Crippen molar-refractivity contribution in [3.05, 3.63) is 107 Å². The molecule has 306 valence electrons. The molecular formula is C44H52N6O8. The smallest absolute Gasteiger partial charge is 0.407 e. The predicted molar refractivity (Wildman–Crippen MR) is 216 cm³/mol. The summed E-state index contributed by atoms with van der Waals surface area (Å²) in [5.74, 6) is 0.660. The van der Waals surface area contributed by atoms with Gasteiger partial charge in [-0.25, -0.2) is 4.79 Å². The number of allylic oxidation sites excluding steroid dienone is 1. The summed E-state index contributed by atoms with van der Waals surface area (Å²) in [4.78, 5) is 38.6. The Balaban J connectivity index is 0.810. The molecule has 4 aromatic rings. The SMILES string of the molecule is Cc1nnc(-c2ccc(CNC(CCOCCOCCOCCOCCNC(=O)OCC3c4ccccc4-c4ccccc43)=C3C(=O)CC(C)(C)CC3=O)cc2)nn1. The Morgan fingerprint density at radius 1 is 0.690 bits per heavy atom. The molecule has 1 saturated carbocycles. The molecule has 1 heterocycles. The molecule has 1 fully saturated rings. The van der Waals surface area contributed by atoms with E-state index in [9.17, 15) is 14.4 Å². The number of hydrogen-bond acceptors (Lipinski definition) is 13. The average molecular weight is 793 g/mol. The number of fused-ring (bicyclic) bond motifs is 3. The van der Waals surface area contributed by atoms with Crippen molar-refractivity contribution < 1.29 is 38.1 Å². The maximum absolute atomic E-state index is 13.1. The maximum atomic E-state index is 13.1. The van der Waals surface area contributed by atoms with E-state index in [0.717, 1.165) is 11.1 Å². The third-order valence-corrected chi connectivity index (χ3v) is 9.91. The Morgan fingerprint density at radius 3 is 1.81 bits per heavy atom. The number of carbonyl (C=O) groups is 3. The van der Waals surface area contributed by atoms with Gasteiger partial charge >= 0.3 is 6.09 Å². The predicted octanol–water partition coefficient (Wildman–Crippen LogP) is 5.54. The molecule has 2 aliphatic carbocycles. The first-order chi connectivity index (χ1) is 28.2. The Kier molecular flexibility index (Phi) is 15.2. The van der Waals surface area contributed by atoms with Crippen LogP contribution in [0.3, 0.4) is 0 Å². The molecule has 6 rings (SSSR count). The van der Waals surface area contributed by atoms with Crippen LogP contribution in [-0.4, -0.2) is 104 Å². The van der Waals surface area contributed by atoms with E-state index in [0.29, 0.717) is 103 Å². The van der Waals surface area contributed by atoms with Gasteiger partial charge in [0.25, 0.3) is 0 Å². The summed E-state index contributed by atoms with van der Waals surface area (Å²) < 4.78 is 28.1. The molecule has 1 amide bonds. The van der Waals surface area contributed by atoms with Crippen molar-refractivity contribution in [3.63, 3.8) is 0 Å². The molecule has 0 unspecified atom stereocenters. The average Bonchev–Trinajstić information content (AvgIpc) is 3.53. The van der Waals surface area contributed by atoms with Gasteiger partial charge in [-0.15, -0.1) is 20.4 Å². The second-order valence-corrected chi connectivity index (χ2v) is 15.0. The number of nitrogens with zero attached hydrogens (tertiary/aromatic N) is 4. The number of rotatable bonds is 21. The maximum Gasteiger partial charge on any atom is 0.407 e. The summed E-state index contributed by atoms with van der Waals surface area (Å²) in [6.07, 6.45) is 0.538. The summed E-state index contributed by atoms with van der Waals surface area (Å²) in [6, 6.07) is 24.1. The van der Waals surface area contributed by atoms with Gasteiger partial charge in [0.1, 0.15) is 6.61 Å². The van der Waals surface area contributed by atoms with Gasteiger partial charge in [0, 0.05) is 49.5 Å². The second-order valence-electron chi connectivity index (χ2n) is 15.0. The van der Waals surface area contributed by atoms with Gasteiger partial charge in [-0.2, -0.15) is 0 Å². The fraction of sp³-hybridized carbons (Fsp3) is 0.432. The third-order valence-electron chi connectivity index (χ3n) is 9.91. The number of hydrogen-bond donors (Lipinski definition) is 2. The fourth-order valence-electron chi connectivity index (χ4n) is 7.09. The normalized spacial score (nSPS) is 14.6. The number of alkyl carbamates (subject to hydrolysis) is 1. The Morgan fingerprint density at radius 2 is 1.22 bits per heavy atom. The van der Waals surface area contributed by atoms with Crippen molar-refractivity contribution in [2.75, 3.05) is 66.0 Å². The Hall–Kier alpha value is -5.41. The summed E-state index contributed by atoms with van der Waals surface area (Å²) in [7, 11) is 0. The summed E-state index contributed by atoms with van der Waals surface area (Å²) in [5.41, 5.74) is 6.93. The molecule has 0 aliphatic heterocycles. The van der Waals surface area contributed by atoms with Crippen molar-refractivity contribution in [1.29, 1.82) is 0 Å². The number of aryl methyl sites for hydroxylation is 1. The number of Topliss-reactive ketones (excluding diaryl/α,β-unsaturated/α-hetero) is 2. The lowest BCUT2D eigenvalue weighted by molar-refractivity contribution is -0.127. The van der Waals surface area contributed by atoms with Gasteiger partial charge in [-0.1, -0.05) is 86.6 Å². The molecule has 14 heteroatoms. The van der Waals surface area contributed by atoms with Crippen LogP contribution in [0.5, 0.6) is 0 Å². The summed E-state index contributed by atoms with van der Waals surface area (Å²) in [6.45, 7) is 9.56. The topological polar surface area (TPSA) is 173 Å². The highest BCUT2D eigenvalue weighted by Crippen LogP contribution is 2.44. The van der Waals surface area contributed by atoms with E-state index in [1.165, 1.54) is 22.3 Å².